The van der Waals surface area contributed by atoms with Gasteiger partial charge in [0.05, 0.1) is 24.0 Å². The second-order valence-corrected chi connectivity index (χ2v) is 7.01. The number of aliphatic hydroxyl groups excluding tert-OH is 1. The number of nitrogens with zero attached hydrogens (tertiary/aromatic N) is 3. The summed E-state index contributed by atoms with van der Waals surface area (Å²) >= 11 is -0.444. The van der Waals surface area contributed by atoms with Crippen molar-refractivity contribution in [3.63, 3.8) is 0 Å². The van der Waals surface area contributed by atoms with Gasteiger partial charge in [0.25, 0.3) is 5.56 Å². The van der Waals surface area contributed by atoms with Crippen molar-refractivity contribution >= 4 is 23.3 Å². The normalized spacial score (nSPS) is 11.2. The highest BCUT2D eigenvalue weighted by Gasteiger charge is 2.19. The highest BCUT2D eigenvalue weighted by Crippen LogP contribution is 2.32. The minimum Gasteiger partial charge on any atom is -0.464 e. The minimum atomic E-state index is -0.812. The van der Waals surface area contributed by atoms with Crippen LogP contribution in [0, 0.1) is 6.92 Å². The Bertz CT molecular complexity index is 1340. The molecule has 0 aliphatic carbocycles. The number of aliphatic hydroxyl groups is 1. The number of fused-ring (bicyclic) bond motifs is 1. The van der Waals surface area contributed by atoms with Gasteiger partial charge in [-0.25, -0.2) is 9.78 Å². The maximum absolute atomic E-state index is 13.0. The SMILES string of the molecule is Cc1c(-c2ccc(Oc3nccc4occc34)cc2CO)n(C)c(=O)n(SF)c1=O. The Labute approximate surface area is 173 Å². The Hall–Kier alpha value is -3.37. The highest BCUT2D eigenvalue weighted by atomic mass is 32.2. The number of pyridine rings is 1. The lowest BCUT2D eigenvalue weighted by atomic mass is 10.0. The quantitative estimate of drug-likeness (QED) is 0.519. The molecule has 1 N–H and O–H groups in total. The van der Waals surface area contributed by atoms with Gasteiger partial charge in [-0.3, -0.25) is 9.36 Å². The number of hydrogen-bond acceptors (Lipinski definition) is 7. The Morgan fingerprint density at radius 1 is 1.27 bits per heavy atom. The Morgan fingerprint density at radius 2 is 2.07 bits per heavy atom. The fraction of sp³-hybridized carbons (Fsp3) is 0.150. The number of benzene rings is 1. The molecular weight excluding hydrogens is 413 g/mol. The number of rotatable bonds is 5. The van der Waals surface area contributed by atoms with Crippen LogP contribution >= 0.6 is 12.3 Å². The van der Waals surface area contributed by atoms with Crippen LogP contribution in [0.25, 0.3) is 22.2 Å². The van der Waals surface area contributed by atoms with E-state index in [0.29, 0.717) is 43.4 Å². The molecule has 3 aromatic heterocycles. The molecule has 10 heteroatoms. The summed E-state index contributed by atoms with van der Waals surface area (Å²) in [5.41, 5.74) is 0.417. The molecular formula is C20H16FN3O5S. The van der Waals surface area contributed by atoms with Crippen molar-refractivity contribution in [2.24, 2.45) is 7.05 Å². The maximum Gasteiger partial charge on any atom is 0.343 e. The fourth-order valence-corrected chi connectivity index (χ4v) is 3.71. The summed E-state index contributed by atoms with van der Waals surface area (Å²) in [5.74, 6) is 0.739. The highest BCUT2D eigenvalue weighted by molar-refractivity contribution is 7.92. The average Bonchev–Trinajstić information content (AvgIpc) is 3.24. The molecule has 0 atom stereocenters. The van der Waals surface area contributed by atoms with Crippen LogP contribution in [-0.4, -0.2) is 18.6 Å². The smallest absolute Gasteiger partial charge is 0.343 e. The molecule has 8 nitrogen and oxygen atoms in total. The predicted octanol–water partition coefficient (Wildman–Crippen LogP) is 3.33. The van der Waals surface area contributed by atoms with Crippen LogP contribution in [0.15, 0.2) is 56.8 Å². The largest absolute Gasteiger partial charge is 0.464 e. The van der Waals surface area contributed by atoms with Crippen molar-refractivity contribution < 1.29 is 18.1 Å². The van der Waals surface area contributed by atoms with Gasteiger partial charge >= 0.3 is 5.69 Å². The third-order valence-corrected chi connectivity index (χ3v) is 5.25. The number of aromatic nitrogens is 3. The van der Waals surface area contributed by atoms with Gasteiger partial charge in [0.1, 0.15) is 11.3 Å². The van der Waals surface area contributed by atoms with E-state index in [0.717, 1.165) is 0 Å². The van der Waals surface area contributed by atoms with Gasteiger partial charge in [-0.05, 0) is 42.8 Å². The molecule has 0 amide bonds. The summed E-state index contributed by atoms with van der Waals surface area (Å²) < 4.78 is 25.8. The zero-order chi connectivity index (χ0) is 21.4. The molecule has 0 fully saturated rings. The number of hydrogen-bond donors (Lipinski definition) is 1. The second kappa shape index (κ2) is 7.81. The fourth-order valence-electron chi connectivity index (χ4n) is 3.32. The molecule has 0 aliphatic heterocycles. The lowest BCUT2D eigenvalue weighted by Crippen LogP contribution is -2.37. The van der Waals surface area contributed by atoms with Crippen molar-refractivity contribution in [1.82, 2.24) is 13.5 Å². The maximum atomic E-state index is 13.0. The molecule has 0 saturated carbocycles. The third-order valence-electron chi connectivity index (χ3n) is 4.79. The van der Waals surface area contributed by atoms with Crippen molar-refractivity contribution in [3.8, 4) is 22.9 Å². The molecule has 3 heterocycles. The summed E-state index contributed by atoms with van der Waals surface area (Å²) in [6.07, 6.45) is 3.09. The summed E-state index contributed by atoms with van der Waals surface area (Å²) in [6, 6.07) is 8.30. The van der Waals surface area contributed by atoms with E-state index in [-0.39, 0.29) is 12.2 Å². The van der Waals surface area contributed by atoms with Crippen molar-refractivity contribution in [2.45, 2.75) is 13.5 Å². The Morgan fingerprint density at radius 3 is 2.80 bits per heavy atom. The van der Waals surface area contributed by atoms with Gasteiger partial charge < -0.3 is 14.3 Å². The first-order chi connectivity index (χ1) is 14.5. The molecule has 4 aromatic rings. The van der Waals surface area contributed by atoms with E-state index in [2.05, 4.69) is 4.98 Å². The van der Waals surface area contributed by atoms with Crippen LogP contribution in [-0.2, 0) is 13.7 Å². The van der Waals surface area contributed by atoms with E-state index < -0.39 is 23.6 Å². The first kappa shape index (κ1) is 19.9. The third kappa shape index (κ3) is 3.19. The molecule has 0 saturated heterocycles. The first-order valence-electron chi connectivity index (χ1n) is 8.82. The first-order valence-corrected chi connectivity index (χ1v) is 9.49. The molecule has 0 unspecified atom stereocenters. The Balaban J connectivity index is 1.82. The molecule has 1 aromatic carbocycles. The van der Waals surface area contributed by atoms with Gasteiger partial charge in [-0.1, -0.05) is 0 Å². The summed E-state index contributed by atoms with van der Waals surface area (Å²) in [5, 5.41) is 10.6. The summed E-state index contributed by atoms with van der Waals surface area (Å²) in [7, 11) is 1.44. The van der Waals surface area contributed by atoms with E-state index >= 15 is 0 Å². The molecule has 154 valence electrons. The predicted molar refractivity (Wildman–Crippen MR) is 110 cm³/mol. The lowest BCUT2D eigenvalue weighted by Gasteiger charge is -2.16. The van der Waals surface area contributed by atoms with Crippen molar-refractivity contribution in [3.05, 3.63) is 74.8 Å². The van der Waals surface area contributed by atoms with Gasteiger partial charge in [0, 0.05) is 24.4 Å². The molecule has 0 aliphatic rings. The van der Waals surface area contributed by atoms with Crippen LogP contribution in [0.1, 0.15) is 11.1 Å². The topological polar surface area (TPSA) is 99.5 Å². The lowest BCUT2D eigenvalue weighted by molar-refractivity contribution is 0.281. The van der Waals surface area contributed by atoms with Crippen LogP contribution in [0.2, 0.25) is 0 Å². The van der Waals surface area contributed by atoms with E-state index in [9.17, 15) is 18.6 Å². The van der Waals surface area contributed by atoms with Crippen molar-refractivity contribution in [2.75, 3.05) is 0 Å². The number of halogens is 1. The van der Waals surface area contributed by atoms with Gasteiger partial charge in [0.2, 0.25) is 5.88 Å². The number of ether oxygens (including phenoxy) is 1. The molecule has 30 heavy (non-hydrogen) atoms. The molecule has 0 bridgehead atoms. The van der Waals surface area contributed by atoms with Gasteiger partial charge in [-0.2, -0.15) is 3.97 Å². The monoisotopic (exact) mass is 429 g/mol. The number of furan rings is 1. The average molecular weight is 429 g/mol. The zero-order valence-electron chi connectivity index (χ0n) is 16.0. The molecule has 0 radical (unpaired) electrons. The van der Waals surface area contributed by atoms with Gasteiger partial charge in [0.15, 0.2) is 12.3 Å². The van der Waals surface area contributed by atoms with E-state index in [1.807, 2.05) is 0 Å². The second-order valence-electron chi connectivity index (χ2n) is 6.51. The van der Waals surface area contributed by atoms with Gasteiger partial charge in [-0.15, -0.1) is 3.89 Å². The molecule has 0 spiro atoms. The van der Waals surface area contributed by atoms with E-state index in [4.69, 9.17) is 9.15 Å². The summed E-state index contributed by atoms with van der Waals surface area (Å²) in [6.45, 7) is 1.13. The minimum absolute atomic E-state index is 0.176. The van der Waals surface area contributed by atoms with E-state index in [1.165, 1.54) is 24.8 Å². The zero-order valence-corrected chi connectivity index (χ0v) is 16.8. The Kier molecular flexibility index (Phi) is 5.18. The summed E-state index contributed by atoms with van der Waals surface area (Å²) in [4.78, 5) is 28.9. The van der Waals surface area contributed by atoms with Crippen LogP contribution in [0.5, 0.6) is 11.6 Å². The van der Waals surface area contributed by atoms with Crippen LogP contribution in [0.4, 0.5) is 3.89 Å². The van der Waals surface area contributed by atoms with Crippen LogP contribution < -0.4 is 16.0 Å². The van der Waals surface area contributed by atoms with Crippen molar-refractivity contribution in [1.29, 1.82) is 0 Å². The van der Waals surface area contributed by atoms with E-state index in [1.54, 1.807) is 36.5 Å². The molecule has 4 rings (SSSR count). The standard InChI is InChI=1S/C20H16FN3O5S/c1-11-17(23(2)20(27)24(30-21)19(11)26)14-4-3-13(9-12(14)10-25)29-18-15-6-8-28-16(15)5-7-22-18/h3-9,25H,10H2,1-2H3. The van der Waals surface area contributed by atoms with Crippen LogP contribution in [0.3, 0.4) is 0 Å².